The summed E-state index contributed by atoms with van der Waals surface area (Å²) in [6.45, 7) is 1.64. The van der Waals surface area contributed by atoms with Crippen molar-refractivity contribution >= 4 is 40.9 Å². The van der Waals surface area contributed by atoms with Gasteiger partial charge in [0.05, 0.1) is 15.8 Å². The lowest BCUT2D eigenvalue weighted by Gasteiger charge is -2.01. The Morgan fingerprint density at radius 2 is 2.05 bits per heavy atom. The molecule has 0 amide bonds. The molecule has 0 saturated heterocycles. The van der Waals surface area contributed by atoms with Gasteiger partial charge < -0.3 is 9.52 Å². The van der Waals surface area contributed by atoms with Gasteiger partial charge in [0.15, 0.2) is 0 Å². The van der Waals surface area contributed by atoms with Crippen LogP contribution in [0.15, 0.2) is 33.6 Å². The van der Waals surface area contributed by atoms with Crippen molar-refractivity contribution in [1.82, 2.24) is 0 Å². The van der Waals surface area contributed by atoms with Gasteiger partial charge in [-0.25, -0.2) is 4.79 Å². The van der Waals surface area contributed by atoms with Crippen molar-refractivity contribution in [3.05, 3.63) is 51.4 Å². The van der Waals surface area contributed by atoms with Gasteiger partial charge in [-0.05, 0) is 31.2 Å². The molecule has 0 spiro atoms. The van der Waals surface area contributed by atoms with E-state index in [1.807, 2.05) is 6.07 Å². The second kappa shape index (κ2) is 5.90. The second-order valence-corrected chi connectivity index (χ2v) is 5.72. The molecule has 0 aliphatic heterocycles. The number of carboxylic acids is 1. The first-order chi connectivity index (χ1) is 8.97. The molecule has 0 fully saturated rings. The first-order valence-corrected chi connectivity index (χ1v) is 7.12. The van der Waals surface area contributed by atoms with Crippen LogP contribution in [0.1, 0.15) is 21.9 Å². The van der Waals surface area contributed by atoms with Gasteiger partial charge in [0.25, 0.3) is 0 Å². The standard InChI is InChI=1S/C13H10Cl2O3S/c1-7-10(13(16)17)4-8(18-7)6-19-9-2-3-11(14)12(15)5-9/h2-5H,6H2,1H3,(H,16,17). The van der Waals surface area contributed by atoms with Gasteiger partial charge in [0, 0.05) is 4.90 Å². The number of benzene rings is 1. The van der Waals surface area contributed by atoms with Crippen molar-refractivity contribution in [2.24, 2.45) is 0 Å². The summed E-state index contributed by atoms with van der Waals surface area (Å²) in [5.41, 5.74) is 0.199. The Hall–Kier alpha value is -1.10. The van der Waals surface area contributed by atoms with Gasteiger partial charge in [0.2, 0.25) is 0 Å². The highest BCUT2D eigenvalue weighted by molar-refractivity contribution is 7.98. The van der Waals surface area contributed by atoms with Gasteiger partial charge >= 0.3 is 5.97 Å². The maximum atomic E-state index is 10.9. The number of aryl methyl sites for hydroxylation is 1. The maximum absolute atomic E-state index is 10.9. The monoisotopic (exact) mass is 316 g/mol. The van der Waals surface area contributed by atoms with Crippen LogP contribution in [0.5, 0.6) is 0 Å². The predicted octanol–water partition coefficient (Wildman–Crippen LogP) is 4.89. The van der Waals surface area contributed by atoms with Crippen LogP contribution in [0.4, 0.5) is 0 Å². The number of rotatable bonds is 4. The molecular formula is C13H10Cl2O3S. The normalized spacial score (nSPS) is 10.7. The smallest absolute Gasteiger partial charge is 0.339 e. The minimum absolute atomic E-state index is 0.199. The molecule has 2 aromatic rings. The number of hydrogen-bond acceptors (Lipinski definition) is 3. The lowest BCUT2D eigenvalue weighted by Crippen LogP contribution is -1.94. The topological polar surface area (TPSA) is 50.4 Å². The molecule has 1 aromatic heterocycles. The molecule has 1 N–H and O–H groups in total. The van der Waals surface area contributed by atoms with E-state index in [2.05, 4.69) is 0 Å². The number of aromatic carboxylic acids is 1. The fourth-order valence-electron chi connectivity index (χ4n) is 1.55. The van der Waals surface area contributed by atoms with Crippen LogP contribution >= 0.6 is 35.0 Å². The van der Waals surface area contributed by atoms with E-state index in [1.165, 1.54) is 11.8 Å². The van der Waals surface area contributed by atoms with Crippen LogP contribution in [0.3, 0.4) is 0 Å². The van der Waals surface area contributed by atoms with Gasteiger partial charge in [-0.15, -0.1) is 11.8 Å². The van der Waals surface area contributed by atoms with E-state index in [-0.39, 0.29) is 5.56 Å². The molecule has 1 heterocycles. The van der Waals surface area contributed by atoms with E-state index in [4.69, 9.17) is 32.7 Å². The Labute approximate surface area is 124 Å². The van der Waals surface area contributed by atoms with Gasteiger partial charge in [-0.2, -0.15) is 0 Å². The molecule has 0 saturated carbocycles. The zero-order valence-electron chi connectivity index (χ0n) is 9.94. The summed E-state index contributed by atoms with van der Waals surface area (Å²) < 4.78 is 5.39. The quantitative estimate of drug-likeness (QED) is 0.816. The minimum Gasteiger partial charge on any atom is -0.478 e. The Morgan fingerprint density at radius 1 is 1.32 bits per heavy atom. The summed E-state index contributed by atoms with van der Waals surface area (Å²) in [4.78, 5) is 11.8. The lowest BCUT2D eigenvalue weighted by atomic mass is 10.2. The van der Waals surface area contributed by atoms with Crippen LogP contribution < -0.4 is 0 Å². The molecule has 0 aliphatic rings. The Balaban J connectivity index is 2.08. The summed E-state index contributed by atoms with van der Waals surface area (Å²) in [6.07, 6.45) is 0. The minimum atomic E-state index is -0.980. The molecule has 0 atom stereocenters. The Morgan fingerprint density at radius 3 is 2.63 bits per heavy atom. The fourth-order valence-corrected chi connectivity index (χ4v) is 2.73. The van der Waals surface area contributed by atoms with Crippen LogP contribution in [0, 0.1) is 6.92 Å². The zero-order chi connectivity index (χ0) is 14.0. The highest BCUT2D eigenvalue weighted by atomic mass is 35.5. The van der Waals surface area contributed by atoms with Crippen LogP contribution in [0.2, 0.25) is 10.0 Å². The summed E-state index contributed by atoms with van der Waals surface area (Å²) >= 11 is 13.3. The molecule has 6 heteroatoms. The summed E-state index contributed by atoms with van der Waals surface area (Å²) in [7, 11) is 0. The van der Waals surface area contributed by atoms with Gasteiger partial charge in [-0.1, -0.05) is 23.2 Å². The van der Waals surface area contributed by atoms with E-state index in [0.717, 1.165) is 4.90 Å². The van der Waals surface area contributed by atoms with Gasteiger partial charge in [0.1, 0.15) is 17.1 Å². The van der Waals surface area contributed by atoms with E-state index in [1.54, 1.807) is 25.1 Å². The van der Waals surface area contributed by atoms with Crippen LogP contribution in [-0.2, 0) is 5.75 Å². The molecule has 3 nitrogen and oxygen atoms in total. The molecule has 0 aliphatic carbocycles. The number of carbonyl (C=O) groups is 1. The fraction of sp³-hybridized carbons (Fsp3) is 0.154. The largest absolute Gasteiger partial charge is 0.478 e. The first-order valence-electron chi connectivity index (χ1n) is 5.38. The molecule has 0 bridgehead atoms. The van der Waals surface area contributed by atoms with Crippen molar-refractivity contribution in [2.75, 3.05) is 0 Å². The molecule has 0 radical (unpaired) electrons. The van der Waals surface area contributed by atoms with Crippen molar-refractivity contribution in [3.8, 4) is 0 Å². The Kier molecular flexibility index (Phi) is 4.45. The highest BCUT2D eigenvalue weighted by Gasteiger charge is 2.13. The number of thioether (sulfide) groups is 1. The third-order valence-electron chi connectivity index (χ3n) is 2.47. The van der Waals surface area contributed by atoms with Crippen LogP contribution in [-0.4, -0.2) is 11.1 Å². The summed E-state index contributed by atoms with van der Waals surface area (Å²) in [6, 6.07) is 6.89. The number of halogens is 2. The first kappa shape index (κ1) is 14.3. The van der Waals surface area contributed by atoms with Crippen molar-refractivity contribution < 1.29 is 14.3 Å². The maximum Gasteiger partial charge on any atom is 0.339 e. The Bertz CT molecular complexity index is 622. The number of furan rings is 1. The third kappa shape index (κ3) is 3.47. The molecular weight excluding hydrogens is 307 g/mol. The molecule has 100 valence electrons. The van der Waals surface area contributed by atoms with Crippen LogP contribution in [0.25, 0.3) is 0 Å². The highest BCUT2D eigenvalue weighted by Crippen LogP contribution is 2.30. The molecule has 0 unspecified atom stereocenters. The average Bonchev–Trinajstić information content (AvgIpc) is 2.72. The second-order valence-electron chi connectivity index (χ2n) is 3.85. The number of carboxylic acid groups (broad SMARTS) is 1. The van der Waals surface area contributed by atoms with E-state index < -0.39 is 5.97 Å². The van der Waals surface area contributed by atoms with E-state index in [0.29, 0.717) is 27.3 Å². The van der Waals surface area contributed by atoms with Crippen molar-refractivity contribution in [1.29, 1.82) is 0 Å². The van der Waals surface area contributed by atoms with Crippen molar-refractivity contribution in [2.45, 2.75) is 17.6 Å². The molecule has 2 rings (SSSR count). The molecule has 19 heavy (non-hydrogen) atoms. The lowest BCUT2D eigenvalue weighted by molar-refractivity contribution is 0.0695. The van der Waals surface area contributed by atoms with Gasteiger partial charge in [-0.3, -0.25) is 0 Å². The molecule has 1 aromatic carbocycles. The number of hydrogen-bond donors (Lipinski definition) is 1. The summed E-state index contributed by atoms with van der Waals surface area (Å²) in [5, 5.41) is 9.93. The third-order valence-corrected chi connectivity index (χ3v) is 4.23. The summed E-state index contributed by atoms with van der Waals surface area (Å²) in [5.74, 6) is 0.585. The zero-order valence-corrected chi connectivity index (χ0v) is 12.3. The SMILES string of the molecule is Cc1oc(CSc2ccc(Cl)c(Cl)c2)cc1C(=O)O. The van der Waals surface area contributed by atoms with E-state index in [9.17, 15) is 4.79 Å². The van der Waals surface area contributed by atoms with E-state index >= 15 is 0 Å². The average molecular weight is 317 g/mol. The van der Waals surface area contributed by atoms with Crippen molar-refractivity contribution in [3.63, 3.8) is 0 Å². The predicted molar refractivity (Wildman–Crippen MR) is 76.4 cm³/mol.